The summed E-state index contributed by atoms with van der Waals surface area (Å²) < 4.78 is 34.4. The van der Waals surface area contributed by atoms with E-state index >= 15 is 0 Å². The summed E-state index contributed by atoms with van der Waals surface area (Å²) in [6.07, 6.45) is 2.50. The van der Waals surface area contributed by atoms with Crippen molar-refractivity contribution in [3.8, 4) is 11.5 Å². The van der Waals surface area contributed by atoms with Crippen LogP contribution in [0.3, 0.4) is 0 Å². The van der Waals surface area contributed by atoms with Crippen LogP contribution in [0.25, 0.3) is 0 Å². The smallest absolute Gasteiger partial charge is 0.262 e. The van der Waals surface area contributed by atoms with E-state index in [2.05, 4.69) is 11.9 Å². The molecule has 0 aliphatic rings. The fourth-order valence-corrected chi connectivity index (χ4v) is 3.26. The van der Waals surface area contributed by atoms with Gasteiger partial charge in [0.05, 0.1) is 17.8 Å². The van der Waals surface area contributed by atoms with E-state index < -0.39 is 9.84 Å². The zero-order chi connectivity index (χ0) is 19.9. The number of sulfone groups is 1. The zero-order valence-electron chi connectivity index (χ0n) is 15.4. The summed E-state index contributed by atoms with van der Waals surface area (Å²) in [6, 6.07) is 11.5. The molecule has 0 atom stereocenters. The van der Waals surface area contributed by atoms with E-state index in [4.69, 9.17) is 9.47 Å². The van der Waals surface area contributed by atoms with Gasteiger partial charge in [0.25, 0.3) is 5.91 Å². The average Bonchev–Trinajstić information content (AvgIpc) is 2.67. The van der Waals surface area contributed by atoms with E-state index in [0.29, 0.717) is 23.6 Å². The molecule has 0 radical (unpaired) electrons. The van der Waals surface area contributed by atoms with Gasteiger partial charge in [0.2, 0.25) is 0 Å². The van der Waals surface area contributed by atoms with Gasteiger partial charge in [-0.2, -0.15) is 0 Å². The number of hydrogen-bond acceptors (Lipinski definition) is 5. The summed E-state index contributed by atoms with van der Waals surface area (Å²) in [4.78, 5) is 12.3. The number of carbonyl (C=O) groups excluding carboxylic acids is 1. The first-order valence-corrected chi connectivity index (χ1v) is 10.1. The van der Waals surface area contributed by atoms with Crippen LogP contribution in [0, 0.1) is 0 Å². The van der Waals surface area contributed by atoms with Crippen molar-refractivity contribution >= 4 is 21.4 Å². The van der Waals surface area contributed by atoms with Gasteiger partial charge in [0.1, 0.15) is 0 Å². The van der Waals surface area contributed by atoms with Gasteiger partial charge >= 0.3 is 0 Å². The van der Waals surface area contributed by atoms with Gasteiger partial charge in [-0.25, -0.2) is 8.42 Å². The Morgan fingerprint density at radius 3 is 2.44 bits per heavy atom. The number of ether oxygens (including phenoxy) is 2. The molecule has 0 fully saturated rings. The summed E-state index contributed by atoms with van der Waals surface area (Å²) in [5.41, 5.74) is 1.52. The lowest BCUT2D eigenvalue weighted by Gasteiger charge is -2.12. The van der Waals surface area contributed by atoms with Crippen molar-refractivity contribution in [2.24, 2.45) is 0 Å². The minimum absolute atomic E-state index is 0.0277. The van der Waals surface area contributed by atoms with Crippen LogP contribution in [0.1, 0.15) is 12.5 Å². The highest BCUT2D eigenvalue weighted by molar-refractivity contribution is 7.91. The number of methoxy groups -OCH3 is 1. The summed E-state index contributed by atoms with van der Waals surface area (Å²) in [5, 5.41) is 2.67. The highest BCUT2D eigenvalue weighted by Crippen LogP contribution is 2.28. The molecule has 7 heteroatoms. The standard InChI is InChI=1S/C20H23NO5S/c1-4-6-15-7-12-18(19(13-15)25-3)26-14-20(22)21-16-8-10-17(11-9-16)27(23,24)5-2/h4,7-13H,1,5-6,14H2,2-3H3,(H,21,22). The predicted molar refractivity (Wildman–Crippen MR) is 105 cm³/mol. The molecule has 0 saturated carbocycles. The second-order valence-electron chi connectivity index (χ2n) is 5.74. The Morgan fingerprint density at radius 2 is 1.85 bits per heavy atom. The first-order chi connectivity index (χ1) is 12.9. The fraction of sp³-hybridized carbons (Fsp3) is 0.250. The van der Waals surface area contributed by atoms with Gasteiger partial charge in [0.15, 0.2) is 27.9 Å². The van der Waals surface area contributed by atoms with E-state index in [-0.39, 0.29) is 23.2 Å². The number of hydrogen-bond donors (Lipinski definition) is 1. The van der Waals surface area contributed by atoms with Crippen molar-refractivity contribution in [3.63, 3.8) is 0 Å². The third-order valence-corrected chi connectivity index (χ3v) is 5.59. The summed E-state index contributed by atoms with van der Waals surface area (Å²) in [7, 11) is -1.73. The molecular weight excluding hydrogens is 366 g/mol. The molecule has 2 aromatic carbocycles. The van der Waals surface area contributed by atoms with Gasteiger partial charge in [0, 0.05) is 5.69 Å². The molecule has 0 bridgehead atoms. The first-order valence-electron chi connectivity index (χ1n) is 8.43. The highest BCUT2D eigenvalue weighted by atomic mass is 32.2. The molecule has 27 heavy (non-hydrogen) atoms. The van der Waals surface area contributed by atoms with Gasteiger partial charge in [-0.3, -0.25) is 4.79 Å². The van der Waals surface area contributed by atoms with E-state index in [1.807, 2.05) is 12.1 Å². The molecule has 0 unspecified atom stereocenters. The third kappa shape index (κ3) is 5.59. The van der Waals surface area contributed by atoms with Crippen LogP contribution in [0.5, 0.6) is 11.5 Å². The molecule has 2 aromatic rings. The second kappa shape index (κ2) is 9.23. The summed E-state index contributed by atoms with van der Waals surface area (Å²) >= 11 is 0. The van der Waals surface area contributed by atoms with Crippen LogP contribution in [0.4, 0.5) is 5.69 Å². The fourth-order valence-electron chi connectivity index (χ4n) is 2.38. The predicted octanol–water partition coefficient (Wildman–Crippen LogP) is 3.23. The van der Waals surface area contributed by atoms with Crippen molar-refractivity contribution in [2.45, 2.75) is 18.2 Å². The van der Waals surface area contributed by atoms with Gasteiger partial charge in [-0.1, -0.05) is 19.1 Å². The lowest BCUT2D eigenvalue weighted by Crippen LogP contribution is -2.20. The van der Waals surface area contributed by atoms with Crippen LogP contribution in [0.2, 0.25) is 0 Å². The molecular formula is C20H23NO5S. The summed E-state index contributed by atoms with van der Waals surface area (Å²) in [6.45, 7) is 5.08. The molecule has 0 aromatic heterocycles. The molecule has 1 amide bonds. The number of anilines is 1. The molecule has 0 saturated heterocycles. The number of benzene rings is 2. The van der Waals surface area contributed by atoms with Crippen molar-refractivity contribution in [1.82, 2.24) is 0 Å². The van der Waals surface area contributed by atoms with Crippen LogP contribution in [0.15, 0.2) is 60.0 Å². The topological polar surface area (TPSA) is 81.7 Å². The van der Waals surface area contributed by atoms with Crippen molar-refractivity contribution in [2.75, 3.05) is 24.8 Å². The Labute approximate surface area is 159 Å². The lowest BCUT2D eigenvalue weighted by atomic mass is 10.1. The highest BCUT2D eigenvalue weighted by Gasteiger charge is 2.12. The van der Waals surface area contributed by atoms with Gasteiger partial charge in [-0.05, 0) is 48.4 Å². The normalized spacial score (nSPS) is 10.9. The van der Waals surface area contributed by atoms with E-state index in [1.54, 1.807) is 31.2 Å². The SMILES string of the molecule is C=CCc1ccc(OCC(=O)Nc2ccc(S(=O)(=O)CC)cc2)c(OC)c1. The van der Waals surface area contributed by atoms with Crippen molar-refractivity contribution in [1.29, 1.82) is 0 Å². The molecule has 1 N–H and O–H groups in total. The maximum absolute atomic E-state index is 12.1. The van der Waals surface area contributed by atoms with Crippen molar-refractivity contribution in [3.05, 3.63) is 60.7 Å². The maximum atomic E-state index is 12.1. The number of nitrogens with one attached hydrogen (secondary N) is 1. The third-order valence-electron chi connectivity index (χ3n) is 3.84. The van der Waals surface area contributed by atoms with E-state index in [9.17, 15) is 13.2 Å². The lowest BCUT2D eigenvalue weighted by molar-refractivity contribution is -0.118. The van der Waals surface area contributed by atoms with E-state index in [0.717, 1.165) is 5.56 Å². The minimum atomic E-state index is -3.26. The average molecular weight is 389 g/mol. The van der Waals surface area contributed by atoms with Crippen LogP contribution in [-0.2, 0) is 21.1 Å². The molecule has 6 nitrogen and oxygen atoms in total. The Bertz CT molecular complexity index is 904. The van der Waals surface area contributed by atoms with Crippen LogP contribution in [-0.4, -0.2) is 33.8 Å². The Morgan fingerprint density at radius 1 is 1.15 bits per heavy atom. The number of rotatable bonds is 9. The zero-order valence-corrected chi connectivity index (χ0v) is 16.2. The molecule has 0 aliphatic carbocycles. The molecule has 144 valence electrons. The van der Waals surface area contributed by atoms with Crippen molar-refractivity contribution < 1.29 is 22.7 Å². The number of amides is 1. The molecule has 2 rings (SSSR count). The van der Waals surface area contributed by atoms with E-state index in [1.165, 1.54) is 19.2 Å². The molecule has 0 spiro atoms. The number of carbonyl (C=O) groups is 1. The Balaban J connectivity index is 1.97. The summed E-state index contributed by atoms with van der Waals surface area (Å²) in [5.74, 6) is 0.666. The molecule has 0 aliphatic heterocycles. The Kier molecular flexibility index (Phi) is 7.01. The Hall–Kier alpha value is -2.80. The monoisotopic (exact) mass is 389 g/mol. The van der Waals surface area contributed by atoms with Crippen LogP contribution >= 0.6 is 0 Å². The van der Waals surface area contributed by atoms with Crippen LogP contribution < -0.4 is 14.8 Å². The maximum Gasteiger partial charge on any atom is 0.262 e. The number of allylic oxidation sites excluding steroid dienone is 1. The second-order valence-corrected chi connectivity index (χ2v) is 8.02. The quantitative estimate of drug-likeness (QED) is 0.666. The minimum Gasteiger partial charge on any atom is -0.493 e. The largest absolute Gasteiger partial charge is 0.493 e. The first kappa shape index (κ1) is 20.5. The van der Waals surface area contributed by atoms with Gasteiger partial charge < -0.3 is 14.8 Å². The molecule has 0 heterocycles. The van der Waals surface area contributed by atoms with Gasteiger partial charge in [-0.15, -0.1) is 6.58 Å².